The maximum Gasteiger partial charge on any atom is 0.416 e. The number of fused-ring (bicyclic) bond motifs is 3. The summed E-state index contributed by atoms with van der Waals surface area (Å²) in [5, 5.41) is 3.93. The fraction of sp³-hybridized carbons (Fsp3) is 0.458. The number of rotatable bonds is 7. The third kappa shape index (κ3) is 5.17. The first-order valence-electron chi connectivity index (χ1n) is 11.2. The number of halogens is 3. The van der Waals surface area contributed by atoms with Crippen molar-refractivity contribution < 1.29 is 18.0 Å². The number of thiophene rings is 1. The van der Waals surface area contributed by atoms with Gasteiger partial charge in [-0.15, -0.1) is 11.3 Å². The molecule has 0 radical (unpaired) electrons. The van der Waals surface area contributed by atoms with Gasteiger partial charge in [0.05, 0.1) is 29.9 Å². The molecule has 1 aliphatic carbocycles. The summed E-state index contributed by atoms with van der Waals surface area (Å²) >= 11 is 1.46. The van der Waals surface area contributed by atoms with Crippen molar-refractivity contribution in [3.05, 3.63) is 62.5 Å². The molecule has 0 bridgehead atoms. The number of amides is 1. The SMILES string of the molecule is CC(C)C[C@H](N[C@@H]1CCc2c(sc3ncn(Cc4cccc(C(F)(F)F)c4)c(=O)c23)C1)C(N)=O. The van der Waals surface area contributed by atoms with Crippen molar-refractivity contribution in [1.29, 1.82) is 0 Å². The molecule has 34 heavy (non-hydrogen) atoms. The second-order valence-corrected chi connectivity index (χ2v) is 10.3. The fourth-order valence-electron chi connectivity index (χ4n) is 4.52. The summed E-state index contributed by atoms with van der Waals surface area (Å²) in [7, 11) is 0. The minimum absolute atomic E-state index is 0.00991. The molecule has 2 aromatic heterocycles. The number of benzene rings is 1. The highest BCUT2D eigenvalue weighted by atomic mass is 32.1. The Kier molecular flexibility index (Phi) is 6.82. The van der Waals surface area contributed by atoms with Gasteiger partial charge >= 0.3 is 6.18 Å². The molecule has 0 saturated heterocycles. The van der Waals surface area contributed by atoms with E-state index in [1.807, 2.05) is 13.8 Å². The van der Waals surface area contributed by atoms with Crippen molar-refractivity contribution >= 4 is 27.5 Å². The molecule has 0 spiro atoms. The van der Waals surface area contributed by atoms with Crippen LogP contribution in [0.4, 0.5) is 13.2 Å². The summed E-state index contributed by atoms with van der Waals surface area (Å²) in [5.41, 5.74) is 5.92. The molecule has 0 saturated carbocycles. The van der Waals surface area contributed by atoms with Crippen molar-refractivity contribution in [3.63, 3.8) is 0 Å². The van der Waals surface area contributed by atoms with Gasteiger partial charge < -0.3 is 11.1 Å². The first-order valence-corrected chi connectivity index (χ1v) is 12.1. The van der Waals surface area contributed by atoms with Crippen LogP contribution in [0.5, 0.6) is 0 Å². The van der Waals surface area contributed by atoms with Crippen molar-refractivity contribution in [2.75, 3.05) is 0 Å². The Balaban J connectivity index is 1.58. The second-order valence-electron chi connectivity index (χ2n) is 9.25. The highest BCUT2D eigenvalue weighted by Crippen LogP contribution is 2.34. The van der Waals surface area contributed by atoms with Crippen molar-refractivity contribution in [2.45, 2.75) is 64.3 Å². The number of nitrogens with two attached hydrogens (primary N) is 1. The van der Waals surface area contributed by atoms with Gasteiger partial charge in [-0.1, -0.05) is 26.0 Å². The van der Waals surface area contributed by atoms with Crippen molar-refractivity contribution in [1.82, 2.24) is 14.9 Å². The number of hydrogen-bond acceptors (Lipinski definition) is 5. The number of nitrogens with one attached hydrogen (secondary N) is 1. The molecular formula is C24H27F3N4O2S. The Morgan fingerprint density at radius 2 is 2.12 bits per heavy atom. The minimum Gasteiger partial charge on any atom is -0.368 e. The van der Waals surface area contributed by atoms with E-state index in [-0.39, 0.29) is 24.1 Å². The molecule has 0 unspecified atom stereocenters. The minimum atomic E-state index is -4.44. The van der Waals surface area contributed by atoms with Gasteiger partial charge in [0.25, 0.3) is 5.56 Å². The molecule has 3 aromatic rings. The van der Waals surface area contributed by atoms with E-state index in [9.17, 15) is 22.8 Å². The van der Waals surface area contributed by atoms with Gasteiger partial charge in [0.2, 0.25) is 5.91 Å². The van der Waals surface area contributed by atoms with Crippen molar-refractivity contribution in [3.8, 4) is 0 Å². The molecule has 10 heteroatoms. The maximum atomic E-state index is 13.2. The topological polar surface area (TPSA) is 90.0 Å². The summed E-state index contributed by atoms with van der Waals surface area (Å²) in [6, 6.07) is 4.65. The van der Waals surface area contributed by atoms with E-state index in [1.54, 1.807) is 6.07 Å². The molecule has 0 aliphatic heterocycles. The van der Waals surface area contributed by atoms with E-state index in [1.165, 1.54) is 28.3 Å². The van der Waals surface area contributed by atoms with Crippen LogP contribution < -0.4 is 16.6 Å². The van der Waals surface area contributed by atoms with Crippen LogP contribution in [0.25, 0.3) is 10.2 Å². The molecule has 3 N–H and O–H groups in total. The van der Waals surface area contributed by atoms with Crippen LogP contribution in [0.2, 0.25) is 0 Å². The summed E-state index contributed by atoms with van der Waals surface area (Å²) in [4.78, 5) is 31.2. The van der Waals surface area contributed by atoms with Crippen LogP contribution in [-0.2, 0) is 30.4 Å². The number of nitrogens with zero attached hydrogens (tertiary/aromatic N) is 2. The molecular weight excluding hydrogens is 465 g/mol. The molecule has 4 rings (SSSR count). The lowest BCUT2D eigenvalue weighted by molar-refractivity contribution is -0.137. The van der Waals surface area contributed by atoms with E-state index in [2.05, 4.69) is 10.3 Å². The Morgan fingerprint density at radius 1 is 1.35 bits per heavy atom. The number of aryl methyl sites for hydroxylation is 1. The zero-order valence-electron chi connectivity index (χ0n) is 19.0. The molecule has 0 fully saturated rings. The molecule has 1 amide bonds. The van der Waals surface area contributed by atoms with E-state index in [4.69, 9.17) is 5.73 Å². The Labute approximate surface area is 199 Å². The second kappa shape index (κ2) is 9.50. The van der Waals surface area contributed by atoms with Crippen LogP contribution in [0.1, 0.15) is 48.3 Å². The lowest BCUT2D eigenvalue weighted by Crippen LogP contribution is -2.48. The normalized spacial score (nSPS) is 17.2. The summed E-state index contributed by atoms with van der Waals surface area (Å²) in [5.74, 6) is -0.0389. The van der Waals surface area contributed by atoms with Crippen LogP contribution in [0, 0.1) is 5.92 Å². The van der Waals surface area contributed by atoms with E-state index < -0.39 is 17.8 Å². The standard InChI is InChI=1S/C24H27F3N4O2S/c1-13(2)8-18(21(28)32)30-16-6-7-17-19(10-16)34-22-20(17)23(33)31(12-29-22)11-14-4-3-5-15(9-14)24(25,26)27/h3-5,9,12-13,16,18,30H,6-8,10-11H2,1-2H3,(H2,28,32)/t16-,18+/m1/s1. The smallest absolute Gasteiger partial charge is 0.368 e. The number of alkyl halides is 3. The van der Waals surface area contributed by atoms with Gasteiger partial charge in [-0.3, -0.25) is 14.2 Å². The average molecular weight is 493 g/mol. The molecule has 6 nitrogen and oxygen atoms in total. The predicted molar refractivity (Wildman–Crippen MR) is 126 cm³/mol. The molecule has 2 heterocycles. The molecule has 182 valence electrons. The Hall–Kier alpha value is -2.72. The largest absolute Gasteiger partial charge is 0.416 e. The van der Waals surface area contributed by atoms with Gasteiger partial charge in [-0.2, -0.15) is 13.2 Å². The predicted octanol–water partition coefficient (Wildman–Crippen LogP) is 3.87. The zero-order chi connectivity index (χ0) is 24.6. The van der Waals surface area contributed by atoms with E-state index >= 15 is 0 Å². The first-order chi connectivity index (χ1) is 16.0. The van der Waals surface area contributed by atoms with E-state index in [0.717, 1.165) is 29.0 Å². The van der Waals surface area contributed by atoms with Gasteiger partial charge in [0.15, 0.2) is 0 Å². The summed E-state index contributed by atoms with van der Waals surface area (Å²) in [6.07, 6.45) is -0.303. The highest BCUT2D eigenvalue weighted by Gasteiger charge is 2.31. The number of carbonyl (C=O) groups excluding carboxylic acids is 1. The third-order valence-corrected chi connectivity index (χ3v) is 7.29. The van der Waals surface area contributed by atoms with Crippen molar-refractivity contribution in [2.24, 2.45) is 11.7 Å². The summed E-state index contributed by atoms with van der Waals surface area (Å²) < 4.78 is 40.5. The van der Waals surface area contributed by atoms with Gasteiger partial charge in [-0.25, -0.2) is 4.98 Å². The fourth-order valence-corrected chi connectivity index (χ4v) is 5.78. The van der Waals surface area contributed by atoms with Gasteiger partial charge in [0.1, 0.15) is 4.83 Å². The Bertz CT molecular complexity index is 1270. The quantitative estimate of drug-likeness (QED) is 0.524. The lowest BCUT2D eigenvalue weighted by Gasteiger charge is -2.28. The maximum absolute atomic E-state index is 13.2. The number of carbonyl (C=O) groups is 1. The molecule has 1 aliphatic rings. The zero-order valence-corrected chi connectivity index (χ0v) is 19.8. The summed E-state index contributed by atoms with van der Waals surface area (Å²) in [6.45, 7) is 4.09. The number of hydrogen-bond donors (Lipinski definition) is 2. The molecule has 2 atom stereocenters. The van der Waals surface area contributed by atoms with Crippen LogP contribution >= 0.6 is 11.3 Å². The monoisotopic (exact) mass is 492 g/mol. The highest BCUT2D eigenvalue weighted by molar-refractivity contribution is 7.18. The lowest BCUT2D eigenvalue weighted by atomic mass is 9.91. The average Bonchev–Trinajstić information content (AvgIpc) is 3.13. The van der Waals surface area contributed by atoms with Gasteiger partial charge in [0, 0.05) is 10.9 Å². The number of aromatic nitrogens is 2. The first kappa shape index (κ1) is 24.4. The van der Waals surface area contributed by atoms with Crippen LogP contribution in [0.15, 0.2) is 35.4 Å². The van der Waals surface area contributed by atoms with Crippen LogP contribution in [0.3, 0.4) is 0 Å². The molecule has 1 aromatic carbocycles. The Morgan fingerprint density at radius 3 is 2.79 bits per heavy atom. The van der Waals surface area contributed by atoms with Crippen LogP contribution in [-0.4, -0.2) is 27.5 Å². The van der Waals surface area contributed by atoms with E-state index in [0.29, 0.717) is 41.0 Å². The number of primary amides is 1. The van der Waals surface area contributed by atoms with Gasteiger partial charge in [-0.05, 0) is 54.9 Å². The third-order valence-electron chi connectivity index (χ3n) is 6.13.